The lowest BCUT2D eigenvalue weighted by molar-refractivity contribution is 0.0601. The van der Waals surface area contributed by atoms with E-state index < -0.39 is 14.0 Å². The predicted molar refractivity (Wildman–Crippen MR) is 156 cm³/mol. The van der Waals surface area contributed by atoms with E-state index in [0.717, 1.165) is 29.5 Å². The lowest BCUT2D eigenvalue weighted by Gasteiger charge is -2.41. The van der Waals surface area contributed by atoms with Crippen LogP contribution in [0.5, 0.6) is 0 Å². The molecule has 1 aliphatic heterocycles. The number of allylic oxidation sites excluding steroid dienone is 1. The van der Waals surface area contributed by atoms with Gasteiger partial charge in [-0.05, 0) is 60.3 Å². The molecule has 3 rings (SSSR count). The summed E-state index contributed by atoms with van der Waals surface area (Å²) in [5.74, 6) is 0.363. The third-order valence-electron chi connectivity index (χ3n) is 7.35. The summed E-state index contributed by atoms with van der Waals surface area (Å²) in [5, 5.41) is 4.05. The molecule has 0 bridgehead atoms. The van der Waals surface area contributed by atoms with Crippen molar-refractivity contribution in [2.45, 2.75) is 77.8 Å². The first kappa shape index (κ1) is 28.9. The minimum Gasteiger partial charge on any atom is -0.530 e. The first-order valence-electron chi connectivity index (χ1n) is 12.9. The first-order chi connectivity index (χ1) is 17.3. The van der Waals surface area contributed by atoms with Crippen LogP contribution in [0.2, 0.25) is 18.1 Å². The third kappa shape index (κ3) is 6.42. The van der Waals surface area contributed by atoms with Gasteiger partial charge in [0, 0.05) is 6.54 Å². The maximum absolute atomic E-state index is 12.3. The molecule has 0 radical (unpaired) electrons. The molecule has 2 aromatic rings. The van der Waals surface area contributed by atoms with E-state index in [1.54, 1.807) is 6.07 Å². The Morgan fingerprint density at radius 1 is 1.14 bits per heavy atom. The fraction of sp³-hybridized carbons (Fsp3) is 0.433. The van der Waals surface area contributed by atoms with E-state index in [-0.39, 0.29) is 11.0 Å². The highest BCUT2D eigenvalue weighted by Gasteiger charge is 2.46. The Kier molecular flexibility index (Phi) is 8.86. The van der Waals surface area contributed by atoms with Crippen molar-refractivity contribution in [3.63, 3.8) is 0 Å². The summed E-state index contributed by atoms with van der Waals surface area (Å²) < 4.78 is 11.7. The number of methoxy groups -OCH3 is 1. The van der Waals surface area contributed by atoms with Gasteiger partial charge in [0.1, 0.15) is 5.66 Å². The lowest BCUT2D eigenvalue weighted by Crippen LogP contribution is -2.50. The van der Waals surface area contributed by atoms with E-state index in [4.69, 9.17) is 20.8 Å². The van der Waals surface area contributed by atoms with Crippen LogP contribution in [0.15, 0.2) is 71.7 Å². The molecule has 1 N–H and O–H groups in total. The zero-order valence-corrected chi connectivity index (χ0v) is 25.2. The number of benzene rings is 2. The highest BCUT2D eigenvalue weighted by Crippen LogP contribution is 2.42. The molecule has 0 saturated heterocycles. The summed E-state index contributed by atoms with van der Waals surface area (Å²) in [6.07, 6.45) is 6.46. The van der Waals surface area contributed by atoms with Crippen LogP contribution in [0.25, 0.3) is 11.1 Å². The monoisotopic (exact) mass is 540 g/mol. The van der Waals surface area contributed by atoms with Crippen LogP contribution in [0.4, 0.5) is 0 Å². The summed E-state index contributed by atoms with van der Waals surface area (Å²) in [5.41, 5.74) is 2.95. The van der Waals surface area contributed by atoms with Crippen molar-refractivity contribution in [1.82, 2.24) is 10.2 Å². The Morgan fingerprint density at radius 2 is 1.78 bits per heavy atom. The van der Waals surface area contributed by atoms with Gasteiger partial charge in [-0.15, -0.1) is 0 Å². The van der Waals surface area contributed by atoms with Gasteiger partial charge < -0.3 is 19.4 Å². The molecule has 2 aromatic carbocycles. The van der Waals surface area contributed by atoms with Crippen LogP contribution in [0.3, 0.4) is 0 Å². The average molecular weight is 541 g/mol. The van der Waals surface area contributed by atoms with Gasteiger partial charge in [-0.1, -0.05) is 94.3 Å². The zero-order valence-electron chi connectivity index (χ0n) is 23.4. The number of hydrogen-bond acceptors (Lipinski definition) is 5. The van der Waals surface area contributed by atoms with E-state index in [0.29, 0.717) is 23.1 Å². The Morgan fingerprint density at radius 3 is 2.38 bits per heavy atom. The smallest absolute Gasteiger partial charge is 0.338 e. The van der Waals surface area contributed by atoms with Gasteiger partial charge in [0.05, 0.1) is 12.7 Å². The molecule has 0 fully saturated rings. The van der Waals surface area contributed by atoms with Crippen LogP contribution >= 0.6 is 11.6 Å². The number of esters is 1. The fourth-order valence-electron chi connectivity index (χ4n) is 4.01. The van der Waals surface area contributed by atoms with E-state index in [9.17, 15) is 4.79 Å². The van der Waals surface area contributed by atoms with Gasteiger partial charge in [0.2, 0.25) is 5.88 Å². The number of halogens is 1. The molecule has 5 nitrogen and oxygen atoms in total. The van der Waals surface area contributed by atoms with Crippen LogP contribution < -0.4 is 5.32 Å². The quantitative estimate of drug-likeness (QED) is 0.151. The summed E-state index contributed by atoms with van der Waals surface area (Å²) in [6, 6.07) is 15.8. The minimum absolute atomic E-state index is 0.0363. The van der Waals surface area contributed by atoms with E-state index in [2.05, 4.69) is 82.2 Å². The molecular formula is C30H41ClN2O3Si. The van der Waals surface area contributed by atoms with Crippen molar-refractivity contribution in [3.8, 4) is 11.1 Å². The van der Waals surface area contributed by atoms with Gasteiger partial charge in [-0.2, -0.15) is 0 Å². The van der Waals surface area contributed by atoms with Crippen molar-refractivity contribution >= 4 is 25.9 Å². The minimum atomic E-state index is -2.14. The Bertz CT molecular complexity index is 1170. The molecule has 1 heterocycles. The molecule has 200 valence electrons. The van der Waals surface area contributed by atoms with E-state index >= 15 is 0 Å². The highest BCUT2D eigenvalue weighted by molar-refractivity contribution is 6.74. The van der Waals surface area contributed by atoms with E-state index in [1.807, 2.05) is 30.3 Å². The first-order valence-corrected chi connectivity index (χ1v) is 16.2. The zero-order chi connectivity index (χ0) is 27.4. The number of ether oxygens (including phenoxy) is 1. The average Bonchev–Trinajstić information content (AvgIpc) is 3.07. The van der Waals surface area contributed by atoms with Crippen LogP contribution in [-0.4, -0.2) is 32.0 Å². The SMILES string of the molecule is CCC/C=C\C1(C)NC(Cl)=C(O[Si](C)(C)C(C)(C)C)N1Cc1ccc(-c2ccccc2C(=O)OC)cc1. The molecule has 1 unspecified atom stereocenters. The van der Waals surface area contributed by atoms with Crippen LogP contribution in [0.1, 0.15) is 63.4 Å². The molecule has 7 heteroatoms. The number of carbonyl (C=O) groups excluding carboxylic acids is 1. The van der Waals surface area contributed by atoms with Gasteiger partial charge in [-0.25, -0.2) is 4.79 Å². The largest absolute Gasteiger partial charge is 0.530 e. The molecule has 1 aliphatic rings. The van der Waals surface area contributed by atoms with Crippen molar-refractivity contribution < 1.29 is 14.0 Å². The summed E-state index contributed by atoms with van der Waals surface area (Å²) in [4.78, 5) is 14.5. The second-order valence-corrected chi connectivity index (χ2v) is 16.4. The van der Waals surface area contributed by atoms with Gasteiger partial charge >= 0.3 is 5.97 Å². The van der Waals surface area contributed by atoms with Gasteiger partial charge in [0.15, 0.2) is 5.16 Å². The van der Waals surface area contributed by atoms with Crippen molar-refractivity contribution in [2.24, 2.45) is 0 Å². The molecular weight excluding hydrogens is 500 g/mol. The molecule has 0 aromatic heterocycles. The third-order valence-corrected chi connectivity index (χ3v) is 11.9. The summed E-state index contributed by atoms with van der Waals surface area (Å²) >= 11 is 6.80. The second-order valence-electron chi connectivity index (χ2n) is 11.3. The summed E-state index contributed by atoms with van der Waals surface area (Å²) in [6.45, 7) is 16.1. The maximum atomic E-state index is 12.3. The second kappa shape index (κ2) is 11.4. The van der Waals surface area contributed by atoms with Crippen molar-refractivity contribution in [2.75, 3.05) is 7.11 Å². The molecule has 0 saturated carbocycles. The maximum Gasteiger partial charge on any atom is 0.338 e. The van der Waals surface area contributed by atoms with Crippen LogP contribution in [0, 0.1) is 0 Å². The number of hydrogen-bond donors (Lipinski definition) is 1. The summed E-state index contributed by atoms with van der Waals surface area (Å²) in [7, 11) is -0.734. The number of unbranched alkanes of at least 4 members (excludes halogenated alkanes) is 1. The molecule has 0 aliphatic carbocycles. The molecule has 37 heavy (non-hydrogen) atoms. The molecule has 0 spiro atoms. The number of rotatable bonds is 9. The Labute approximate surface area is 228 Å². The van der Waals surface area contributed by atoms with Gasteiger partial charge in [0.25, 0.3) is 8.32 Å². The molecule has 1 atom stereocenters. The Hall–Kier alpha value is -2.70. The number of nitrogens with zero attached hydrogens (tertiary/aromatic N) is 1. The topological polar surface area (TPSA) is 50.8 Å². The Balaban J connectivity index is 1.95. The highest BCUT2D eigenvalue weighted by atomic mass is 35.5. The van der Waals surface area contributed by atoms with Crippen LogP contribution in [-0.2, 0) is 15.7 Å². The fourth-order valence-corrected chi connectivity index (χ4v) is 5.41. The van der Waals surface area contributed by atoms with E-state index in [1.165, 1.54) is 7.11 Å². The number of nitrogens with one attached hydrogen (secondary N) is 1. The molecule has 0 amide bonds. The predicted octanol–water partition coefficient (Wildman–Crippen LogP) is 8.01. The van der Waals surface area contributed by atoms with Crippen molar-refractivity contribution in [3.05, 3.63) is 82.8 Å². The number of carbonyl (C=O) groups is 1. The normalized spacial score (nSPS) is 18.4. The van der Waals surface area contributed by atoms with Gasteiger partial charge in [-0.3, -0.25) is 0 Å². The lowest BCUT2D eigenvalue weighted by atomic mass is 9.98. The van der Waals surface area contributed by atoms with Crippen molar-refractivity contribution in [1.29, 1.82) is 0 Å². The standard InChI is InChI=1S/C30H41ClN2O3Si/c1-9-10-13-20-30(5)32-26(31)27(36-37(7,8)29(2,3)4)33(30)21-22-16-18-23(19-17-22)24-14-11-12-15-25(24)28(34)35-6/h11-20,32H,9-10,21H2,1-8H3/b20-13-.